The highest BCUT2D eigenvalue weighted by Gasteiger charge is 2.33. The highest BCUT2D eigenvalue weighted by Crippen LogP contribution is 2.29. The average molecular weight is 421 g/mol. The number of rotatable bonds is 3. The van der Waals surface area contributed by atoms with Crippen molar-refractivity contribution in [3.63, 3.8) is 0 Å². The van der Waals surface area contributed by atoms with E-state index in [0.717, 1.165) is 28.6 Å². The lowest BCUT2D eigenvalue weighted by molar-refractivity contribution is -0.715. The van der Waals surface area contributed by atoms with E-state index < -0.39 is 6.09 Å². The van der Waals surface area contributed by atoms with Crippen LogP contribution in [0, 0.1) is 5.21 Å². The summed E-state index contributed by atoms with van der Waals surface area (Å²) in [6.07, 6.45) is 4.52. The van der Waals surface area contributed by atoms with Gasteiger partial charge in [0.25, 0.3) is 0 Å². The van der Waals surface area contributed by atoms with Crippen LogP contribution in [-0.2, 0) is 4.74 Å². The number of carbonyl (C=O) groups is 1. The second-order valence-electron chi connectivity index (χ2n) is 7.61. The third-order valence-corrected chi connectivity index (χ3v) is 5.50. The molecule has 0 atom stereocenters. The molecule has 0 spiro atoms. The van der Waals surface area contributed by atoms with Gasteiger partial charge in [0.1, 0.15) is 0 Å². The number of likely N-dealkylation sites (N-methyl/N-ethyl adjacent to an activating group) is 1. The molecule has 160 valence electrons. The second-order valence-corrected chi connectivity index (χ2v) is 7.61. The van der Waals surface area contributed by atoms with Crippen molar-refractivity contribution in [3.05, 3.63) is 77.7 Å². The predicted octanol–water partition coefficient (Wildman–Crippen LogP) is 2.40. The van der Waals surface area contributed by atoms with Gasteiger partial charge >= 0.3 is 17.5 Å². The number of amides is 1. The Bertz CT molecular complexity index is 1130. The first-order valence-electron chi connectivity index (χ1n) is 10.0. The Balaban J connectivity index is 1.71. The fraction of sp³-hybridized carbons (Fsp3) is 0.217. The minimum absolute atomic E-state index is 0.170. The van der Waals surface area contributed by atoms with E-state index in [-0.39, 0.29) is 17.2 Å². The van der Waals surface area contributed by atoms with Crippen molar-refractivity contribution in [3.8, 4) is 0 Å². The van der Waals surface area contributed by atoms with Gasteiger partial charge in [0.05, 0.1) is 0 Å². The first-order valence-corrected chi connectivity index (χ1v) is 10.0. The Kier molecular flexibility index (Phi) is 5.85. The summed E-state index contributed by atoms with van der Waals surface area (Å²) in [4.78, 5) is 16.5. The Morgan fingerprint density at radius 1 is 1.19 bits per heavy atom. The molecule has 1 aliphatic carbocycles. The van der Waals surface area contributed by atoms with Crippen molar-refractivity contribution in [1.29, 1.82) is 0 Å². The van der Waals surface area contributed by atoms with E-state index in [4.69, 9.17) is 4.74 Å². The van der Waals surface area contributed by atoms with Gasteiger partial charge in [-0.2, -0.15) is 0 Å². The van der Waals surface area contributed by atoms with E-state index in [0.29, 0.717) is 29.8 Å². The molecule has 1 amide bonds. The fourth-order valence-corrected chi connectivity index (χ4v) is 3.68. The van der Waals surface area contributed by atoms with Gasteiger partial charge in [-0.25, -0.2) is 4.79 Å². The van der Waals surface area contributed by atoms with Crippen molar-refractivity contribution in [1.82, 2.24) is 9.80 Å². The van der Waals surface area contributed by atoms with Crippen LogP contribution >= 0.6 is 0 Å². The summed E-state index contributed by atoms with van der Waals surface area (Å²) in [5.41, 5.74) is 1.94. The number of benzene rings is 2. The molecule has 2 aliphatic rings. The Morgan fingerprint density at radius 2 is 1.87 bits per heavy atom. The molecule has 0 radical (unpaired) electrons. The van der Waals surface area contributed by atoms with Crippen molar-refractivity contribution >= 4 is 34.0 Å². The zero-order chi connectivity index (χ0) is 22.0. The predicted molar refractivity (Wildman–Crippen MR) is 118 cm³/mol. The quantitative estimate of drug-likeness (QED) is 0.343. The van der Waals surface area contributed by atoms with Crippen LogP contribution in [0.4, 0.5) is 16.2 Å². The first-order chi connectivity index (χ1) is 15.0. The second kappa shape index (κ2) is 8.73. The molecule has 1 heterocycles. The zero-order valence-corrected chi connectivity index (χ0v) is 17.3. The number of ether oxygens (including phenoxy) is 1. The number of hydrogen-bond acceptors (Lipinski definition) is 5. The minimum Gasteiger partial charge on any atom is -0.630 e. The average Bonchev–Trinajstić information content (AvgIpc) is 2.78. The van der Waals surface area contributed by atoms with Crippen molar-refractivity contribution in [2.24, 2.45) is 0 Å². The number of nitrogens with two attached hydrogens (primary N) is 1. The number of fused-ring (bicyclic) bond motifs is 1. The monoisotopic (exact) mass is 421 g/mol. The van der Waals surface area contributed by atoms with E-state index in [1.54, 1.807) is 35.3 Å². The molecule has 1 fully saturated rings. The lowest BCUT2D eigenvalue weighted by atomic mass is 10.0. The maximum absolute atomic E-state index is 12.7. The van der Waals surface area contributed by atoms with E-state index in [2.05, 4.69) is 11.5 Å². The maximum atomic E-state index is 12.7. The number of hydrogen-bond donors (Lipinski definition) is 2. The van der Waals surface area contributed by atoms with Crippen LogP contribution in [0.15, 0.2) is 72.5 Å². The number of piperazine rings is 1. The van der Waals surface area contributed by atoms with Crippen molar-refractivity contribution in [2.45, 2.75) is 0 Å². The molecule has 2 aromatic carbocycles. The Hall–Kier alpha value is -3.46. The van der Waals surface area contributed by atoms with Gasteiger partial charge in [-0.05, 0) is 30.0 Å². The normalized spacial score (nSPS) is 18.8. The summed E-state index contributed by atoms with van der Waals surface area (Å²) in [7, 11) is 2.00. The van der Waals surface area contributed by atoms with Gasteiger partial charge in [-0.15, -0.1) is 0 Å². The van der Waals surface area contributed by atoms with Crippen molar-refractivity contribution < 1.29 is 25.0 Å². The molecule has 8 nitrogen and oxygen atoms in total. The van der Waals surface area contributed by atoms with Crippen LogP contribution in [-0.4, -0.2) is 64.8 Å². The summed E-state index contributed by atoms with van der Waals surface area (Å²) in [5, 5.41) is 24.6. The van der Waals surface area contributed by atoms with E-state index in [1.807, 2.05) is 31.3 Å². The topological polar surface area (TPSA) is 95.7 Å². The van der Waals surface area contributed by atoms with Gasteiger partial charge in [0.15, 0.2) is 0 Å². The van der Waals surface area contributed by atoms with Crippen molar-refractivity contribution in [2.75, 3.05) is 33.2 Å². The molecule has 0 bridgehead atoms. The van der Waals surface area contributed by atoms with Gasteiger partial charge < -0.3 is 25.2 Å². The smallest absolute Gasteiger partial charge is 0.415 e. The van der Waals surface area contributed by atoms with Crippen LogP contribution in [0.25, 0.3) is 10.8 Å². The van der Waals surface area contributed by atoms with E-state index in [9.17, 15) is 15.2 Å². The van der Waals surface area contributed by atoms with Crippen LogP contribution < -0.4 is 5.48 Å². The molecule has 0 aromatic heterocycles. The molecule has 31 heavy (non-hydrogen) atoms. The molecule has 4 rings (SSSR count). The Labute approximate surface area is 180 Å². The highest BCUT2D eigenvalue weighted by molar-refractivity contribution is 6.12. The van der Waals surface area contributed by atoms with E-state index >= 15 is 0 Å². The molecule has 0 unspecified atom stereocenters. The zero-order valence-electron chi connectivity index (χ0n) is 17.3. The standard InChI is InChI=1S/C23H25N4O4/c1-16-6-5-9-21(31-23(28)26-12-10-25(2)11-13-26)22(16)27(30)20-15-18-8-4-3-7-17(18)14-19(20)24-29/h3-9,14-15,30H,1,10-13,24H2,2H3/q+1/b27-22-. The third kappa shape index (κ3) is 4.22. The molecule has 8 heteroatoms. The lowest BCUT2D eigenvalue weighted by Gasteiger charge is -2.31. The molecule has 3 N–H and O–H groups in total. The molecular formula is C23H25N4O4+. The van der Waals surface area contributed by atoms with Gasteiger partial charge in [0, 0.05) is 48.6 Å². The Morgan fingerprint density at radius 3 is 2.55 bits per heavy atom. The summed E-state index contributed by atoms with van der Waals surface area (Å²) >= 11 is 0. The number of carbonyl (C=O) groups excluding carboxylic acids is 1. The number of allylic oxidation sites excluding steroid dienone is 4. The maximum Gasteiger partial charge on any atom is 0.415 e. The highest BCUT2D eigenvalue weighted by atomic mass is 16.6. The van der Waals surface area contributed by atoms with Gasteiger partial charge in [-0.3, -0.25) is 5.21 Å². The molecular weight excluding hydrogens is 396 g/mol. The summed E-state index contributed by atoms with van der Waals surface area (Å²) < 4.78 is 6.51. The van der Waals surface area contributed by atoms with Crippen LogP contribution in [0.1, 0.15) is 0 Å². The molecule has 1 aliphatic heterocycles. The van der Waals surface area contributed by atoms with Crippen LogP contribution in [0.3, 0.4) is 0 Å². The summed E-state index contributed by atoms with van der Waals surface area (Å²) in [6.45, 7) is 6.64. The van der Waals surface area contributed by atoms with Crippen LogP contribution in [0.5, 0.6) is 0 Å². The first kappa shape index (κ1) is 20.8. The van der Waals surface area contributed by atoms with Crippen LogP contribution in [0.2, 0.25) is 0 Å². The minimum atomic E-state index is -0.484. The fourth-order valence-electron chi connectivity index (χ4n) is 3.68. The largest absolute Gasteiger partial charge is 0.630 e. The van der Waals surface area contributed by atoms with Gasteiger partial charge in [0.2, 0.25) is 11.4 Å². The lowest BCUT2D eigenvalue weighted by Crippen LogP contribution is -2.70. The van der Waals surface area contributed by atoms with E-state index in [1.165, 1.54) is 0 Å². The number of quaternary nitrogens is 1. The molecule has 2 aromatic rings. The summed E-state index contributed by atoms with van der Waals surface area (Å²) in [6, 6.07) is 11.0. The molecule has 1 saturated heterocycles. The van der Waals surface area contributed by atoms with Gasteiger partial charge in [-0.1, -0.05) is 36.9 Å². The SMILES string of the molecule is C=C1C=CC=C(OC(=O)N2CCN(C)CC2)/C1=[N+](\O)c1cc2ccccc2cc1[NH2+][O-]. The third-order valence-electron chi connectivity index (χ3n) is 5.50. The summed E-state index contributed by atoms with van der Waals surface area (Å²) in [5.74, 6) is 0.170. The number of nitrogens with zero attached hydrogens (tertiary/aromatic N) is 3. The molecule has 0 saturated carbocycles.